The molecule has 2 amide bonds. The summed E-state index contributed by atoms with van der Waals surface area (Å²) in [6, 6.07) is 7.65. The molecule has 0 atom stereocenters. The number of benzene rings is 1. The minimum absolute atomic E-state index is 0. The molecule has 4 nitrogen and oxygen atoms in total. The number of rotatable bonds is 2. The molecule has 0 aromatic heterocycles. The Morgan fingerprint density at radius 2 is 1.84 bits per heavy atom. The summed E-state index contributed by atoms with van der Waals surface area (Å²) in [5.41, 5.74) is 0.778. The van der Waals surface area contributed by atoms with Crippen LogP contribution in [0.25, 0.3) is 0 Å². The molecule has 0 unspecified atom stereocenters. The van der Waals surface area contributed by atoms with Crippen LogP contribution in [0, 0.1) is 0 Å². The van der Waals surface area contributed by atoms with Gasteiger partial charge in [0.25, 0.3) is 0 Å². The normalized spacial score (nSPS) is 15.8. The molecule has 1 saturated heterocycles. The second-order valence-corrected chi connectivity index (χ2v) is 4.92. The van der Waals surface area contributed by atoms with Gasteiger partial charge in [-0.05, 0) is 44.2 Å². The van der Waals surface area contributed by atoms with E-state index in [-0.39, 0.29) is 18.4 Å². The number of carbonyl (C=O) groups is 1. The van der Waals surface area contributed by atoms with E-state index in [0.29, 0.717) is 11.1 Å². The summed E-state index contributed by atoms with van der Waals surface area (Å²) in [7, 11) is 1.97. The van der Waals surface area contributed by atoms with Crippen molar-refractivity contribution in [2.75, 3.05) is 25.5 Å². The molecular formula is C13H19Cl2N3O. The van der Waals surface area contributed by atoms with E-state index in [0.717, 1.165) is 31.6 Å². The number of carbonyl (C=O) groups excluding carboxylic acids is 1. The molecule has 1 aliphatic rings. The highest BCUT2D eigenvalue weighted by Crippen LogP contribution is 2.15. The number of nitrogens with one attached hydrogen (secondary N) is 2. The Kier molecular flexibility index (Phi) is 6.42. The minimum Gasteiger partial charge on any atom is -0.324 e. The average Bonchev–Trinajstić information content (AvgIpc) is 2.41. The monoisotopic (exact) mass is 303 g/mol. The van der Waals surface area contributed by atoms with E-state index in [2.05, 4.69) is 10.6 Å². The molecule has 0 aliphatic carbocycles. The van der Waals surface area contributed by atoms with Gasteiger partial charge in [0.1, 0.15) is 0 Å². The summed E-state index contributed by atoms with van der Waals surface area (Å²) >= 11 is 5.80. The van der Waals surface area contributed by atoms with Gasteiger partial charge in [0.15, 0.2) is 0 Å². The second-order valence-electron chi connectivity index (χ2n) is 4.49. The predicted octanol–water partition coefficient (Wildman–Crippen LogP) is 2.98. The van der Waals surface area contributed by atoms with E-state index in [4.69, 9.17) is 11.6 Å². The molecule has 1 aliphatic heterocycles. The van der Waals surface area contributed by atoms with E-state index >= 15 is 0 Å². The molecule has 1 heterocycles. The molecule has 1 fully saturated rings. The van der Waals surface area contributed by atoms with Crippen molar-refractivity contribution in [3.05, 3.63) is 29.3 Å². The number of piperidine rings is 1. The Balaban J connectivity index is 0.00000180. The van der Waals surface area contributed by atoms with Gasteiger partial charge in [-0.15, -0.1) is 12.4 Å². The van der Waals surface area contributed by atoms with Gasteiger partial charge in [0.05, 0.1) is 0 Å². The maximum atomic E-state index is 12.0. The molecule has 106 valence electrons. The second kappa shape index (κ2) is 7.58. The summed E-state index contributed by atoms with van der Waals surface area (Å²) in [6.07, 6.45) is 2.01. The quantitative estimate of drug-likeness (QED) is 0.882. The first-order chi connectivity index (χ1) is 8.69. The van der Waals surface area contributed by atoms with Gasteiger partial charge in [-0.25, -0.2) is 4.79 Å². The minimum atomic E-state index is -0.0353. The van der Waals surface area contributed by atoms with Crippen molar-refractivity contribution in [1.29, 1.82) is 0 Å². The maximum Gasteiger partial charge on any atom is 0.321 e. The highest BCUT2D eigenvalue weighted by Gasteiger charge is 2.21. The molecule has 2 N–H and O–H groups in total. The first-order valence-electron chi connectivity index (χ1n) is 6.18. The number of halogens is 2. The van der Waals surface area contributed by atoms with E-state index in [9.17, 15) is 4.79 Å². The molecule has 6 heteroatoms. The first kappa shape index (κ1) is 16.1. The number of urea groups is 1. The molecule has 0 bridgehead atoms. The summed E-state index contributed by atoms with van der Waals surface area (Å²) in [6.45, 7) is 1.59. The van der Waals surface area contributed by atoms with Crippen molar-refractivity contribution in [2.45, 2.75) is 18.9 Å². The zero-order valence-corrected chi connectivity index (χ0v) is 12.4. The number of likely N-dealkylation sites (tertiary alicyclic amines) is 1. The lowest BCUT2D eigenvalue weighted by molar-refractivity contribution is 0.190. The number of hydrogen-bond acceptors (Lipinski definition) is 2. The van der Waals surface area contributed by atoms with Crippen molar-refractivity contribution in [3.63, 3.8) is 0 Å². The van der Waals surface area contributed by atoms with Crippen molar-refractivity contribution in [3.8, 4) is 0 Å². The van der Waals surface area contributed by atoms with Crippen molar-refractivity contribution in [1.82, 2.24) is 10.2 Å². The lowest BCUT2D eigenvalue weighted by atomic mass is 10.1. The highest BCUT2D eigenvalue weighted by molar-refractivity contribution is 6.30. The molecule has 19 heavy (non-hydrogen) atoms. The molecule has 1 aromatic carbocycles. The number of amides is 2. The lowest BCUT2D eigenvalue weighted by Crippen LogP contribution is -2.45. The Morgan fingerprint density at radius 1 is 1.26 bits per heavy atom. The standard InChI is InChI=1S/C13H18ClN3O.ClH/c1-15-11-6-8-17(9-7-11)13(18)16-12-4-2-10(14)3-5-12;/h2-5,11,15H,6-9H2,1H3,(H,16,18);1H. The van der Waals surface area contributed by atoms with Crippen molar-refractivity contribution < 1.29 is 4.79 Å². The van der Waals surface area contributed by atoms with E-state index in [1.807, 2.05) is 11.9 Å². The third-order valence-electron chi connectivity index (χ3n) is 3.29. The van der Waals surface area contributed by atoms with Crippen LogP contribution in [0.2, 0.25) is 5.02 Å². The number of hydrogen-bond donors (Lipinski definition) is 2. The van der Waals surface area contributed by atoms with Gasteiger partial charge >= 0.3 is 6.03 Å². The fourth-order valence-electron chi connectivity index (χ4n) is 2.11. The molecule has 1 aromatic rings. The van der Waals surface area contributed by atoms with Crippen LogP contribution in [0.1, 0.15) is 12.8 Å². The van der Waals surface area contributed by atoms with Crippen LogP contribution in [-0.2, 0) is 0 Å². The van der Waals surface area contributed by atoms with Crippen LogP contribution in [0.5, 0.6) is 0 Å². The fourth-order valence-corrected chi connectivity index (χ4v) is 2.23. The number of nitrogens with zero attached hydrogens (tertiary/aromatic N) is 1. The fraction of sp³-hybridized carbons (Fsp3) is 0.462. The van der Waals surface area contributed by atoms with Gasteiger partial charge < -0.3 is 15.5 Å². The van der Waals surface area contributed by atoms with Crippen molar-refractivity contribution in [2.24, 2.45) is 0 Å². The Labute approximate surface area is 124 Å². The molecule has 0 saturated carbocycles. The number of anilines is 1. The van der Waals surface area contributed by atoms with Gasteiger partial charge in [-0.2, -0.15) is 0 Å². The Morgan fingerprint density at radius 3 is 2.37 bits per heavy atom. The molecule has 2 rings (SSSR count). The summed E-state index contributed by atoms with van der Waals surface area (Å²) in [4.78, 5) is 13.9. The van der Waals surface area contributed by atoms with Crippen LogP contribution in [0.3, 0.4) is 0 Å². The Hall–Kier alpha value is -0.970. The van der Waals surface area contributed by atoms with Crippen LogP contribution >= 0.6 is 24.0 Å². The van der Waals surface area contributed by atoms with Crippen LogP contribution < -0.4 is 10.6 Å². The van der Waals surface area contributed by atoms with Gasteiger partial charge in [-0.1, -0.05) is 11.6 Å². The maximum absolute atomic E-state index is 12.0. The Bertz CT molecular complexity index is 403. The molecule has 0 spiro atoms. The lowest BCUT2D eigenvalue weighted by Gasteiger charge is -2.31. The van der Waals surface area contributed by atoms with E-state index in [1.54, 1.807) is 24.3 Å². The first-order valence-corrected chi connectivity index (χ1v) is 6.55. The zero-order valence-electron chi connectivity index (χ0n) is 10.9. The van der Waals surface area contributed by atoms with Gasteiger partial charge in [0.2, 0.25) is 0 Å². The van der Waals surface area contributed by atoms with Gasteiger partial charge in [0, 0.05) is 29.8 Å². The molecular weight excluding hydrogens is 285 g/mol. The van der Waals surface area contributed by atoms with Crippen LogP contribution in [0.15, 0.2) is 24.3 Å². The van der Waals surface area contributed by atoms with E-state index in [1.165, 1.54) is 0 Å². The topological polar surface area (TPSA) is 44.4 Å². The molecule has 0 radical (unpaired) electrons. The van der Waals surface area contributed by atoms with Gasteiger partial charge in [-0.3, -0.25) is 0 Å². The largest absolute Gasteiger partial charge is 0.324 e. The third kappa shape index (κ3) is 4.56. The van der Waals surface area contributed by atoms with E-state index < -0.39 is 0 Å². The van der Waals surface area contributed by atoms with Crippen molar-refractivity contribution >= 4 is 35.7 Å². The zero-order chi connectivity index (χ0) is 13.0. The highest BCUT2D eigenvalue weighted by atomic mass is 35.5. The summed E-state index contributed by atoms with van der Waals surface area (Å²) in [5.74, 6) is 0. The summed E-state index contributed by atoms with van der Waals surface area (Å²) in [5, 5.41) is 6.80. The van der Waals surface area contributed by atoms with Crippen LogP contribution in [-0.4, -0.2) is 37.1 Å². The van der Waals surface area contributed by atoms with Crippen LogP contribution in [0.4, 0.5) is 10.5 Å². The smallest absolute Gasteiger partial charge is 0.321 e. The third-order valence-corrected chi connectivity index (χ3v) is 3.54. The summed E-state index contributed by atoms with van der Waals surface area (Å²) < 4.78 is 0. The predicted molar refractivity (Wildman–Crippen MR) is 81.4 cm³/mol. The SMILES string of the molecule is CNC1CCN(C(=O)Nc2ccc(Cl)cc2)CC1.Cl. The average molecular weight is 304 g/mol.